The molecule has 0 saturated heterocycles. The van der Waals surface area contributed by atoms with E-state index in [1.165, 1.54) is 5.56 Å². The fraction of sp³-hybridized carbons (Fsp3) is 0.500. The van der Waals surface area contributed by atoms with Gasteiger partial charge in [-0.25, -0.2) is 0 Å². The number of halogens is 1. The summed E-state index contributed by atoms with van der Waals surface area (Å²) in [6.45, 7) is 4.28. The Bertz CT molecular complexity index is 635. The van der Waals surface area contributed by atoms with Gasteiger partial charge in [0.2, 0.25) is 0 Å². The van der Waals surface area contributed by atoms with Crippen LogP contribution in [0.15, 0.2) is 6.20 Å². The zero-order chi connectivity index (χ0) is 14.7. The Balaban J connectivity index is 0.00000176. The van der Waals surface area contributed by atoms with Crippen molar-refractivity contribution in [2.24, 2.45) is 0 Å². The summed E-state index contributed by atoms with van der Waals surface area (Å²) in [6.07, 6.45) is 4.53. The molecule has 3 heterocycles. The summed E-state index contributed by atoms with van der Waals surface area (Å²) in [5.41, 5.74) is 4.90. The highest BCUT2D eigenvalue weighted by molar-refractivity contribution is 5.94. The first-order chi connectivity index (χ1) is 10.3. The molecule has 0 spiro atoms. The first-order valence-corrected chi connectivity index (χ1v) is 7.29. The van der Waals surface area contributed by atoms with Crippen LogP contribution in [0.5, 0.6) is 0 Å². The minimum atomic E-state index is -0.0971. The minimum Gasteiger partial charge on any atom is -0.351 e. The monoisotopic (exact) mass is 324 g/mol. The molecule has 0 saturated carbocycles. The number of nitrogens with zero attached hydrogens (tertiary/aromatic N) is 2. The SMILES string of the molecule is Cc1[nH]ncc1CCCNC(=O)c1n[nH]c2c1CNCC2.Cl. The van der Waals surface area contributed by atoms with Gasteiger partial charge in [0, 0.05) is 43.0 Å². The topological polar surface area (TPSA) is 98.5 Å². The number of carbonyl (C=O) groups excluding carboxylic acids is 1. The van der Waals surface area contributed by atoms with E-state index < -0.39 is 0 Å². The number of nitrogens with one attached hydrogen (secondary N) is 4. The van der Waals surface area contributed by atoms with Crippen molar-refractivity contribution < 1.29 is 4.79 Å². The average Bonchev–Trinajstić information content (AvgIpc) is 3.10. The lowest BCUT2D eigenvalue weighted by Gasteiger charge is -2.12. The molecule has 0 aliphatic carbocycles. The van der Waals surface area contributed by atoms with E-state index in [0.29, 0.717) is 18.8 Å². The zero-order valence-electron chi connectivity index (χ0n) is 12.5. The maximum absolute atomic E-state index is 12.2. The van der Waals surface area contributed by atoms with E-state index in [9.17, 15) is 4.79 Å². The molecule has 3 rings (SSSR count). The van der Waals surface area contributed by atoms with Crippen LogP contribution in [0.25, 0.3) is 0 Å². The molecule has 0 aromatic carbocycles. The van der Waals surface area contributed by atoms with Gasteiger partial charge in [-0.05, 0) is 25.3 Å². The average molecular weight is 325 g/mol. The minimum absolute atomic E-state index is 0. The molecule has 120 valence electrons. The Morgan fingerprint density at radius 2 is 2.27 bits per heavy atom. The summed E-state index contributed by atoms with van der Waals surface area (Å²) in [4.78, 5) is 12.2. The number of amides is 1. The number of aromatic amines is 2. The lowest BCUT2D eigenvalue weighted by molar-refractivity contribution is 0.0947. The van der Waals surface area contributed by atoms with E-state index in [4.69, 9.17) is 0 Å². The lowest BCUT2D eigenvalue weighted by Crippen LogP contribution is -2.29. The third-order valence-electron chi connectivity index (χ3n) is 3.86. The van der Waals surface area contributed by atoms with E-state index in [0.717, 1.165) is 42.8 Å². The largest absolute Gasteiger partial charge is 0.351 e. The predicted octanol–water partition coefficient (Wildman–Crippen LogP) is 0.871. The van der Waals surface area contributed by atoms with Gasteiger partial charge in [0.1, 0.15) is 0 Å². The number of hydrogen-bond donors (Lipinski definition) is 4. The second-order valence-electron chi connectivity index (χ2n) is 5.34. The van der Waals surface area contributed by atoms with E-state index >= 15 is 0 Å². The Morgan fingerprint density at radius 3 is 3.05 bits per heavy atom. The third kappa shape index (κ3) is 3.48. The van der Waals surface area contributed by atoms with Gasteiger partial charge in [-0.1, -0.05) is 0 Å². The first kappa shape index (κ1) is 16.5. The van der Waals surface area contributed by atoms with Crippen molar-refractivity contribution in [3.63, 3.8) is 0 Å². The number of aromatic nitrogens is 4. The van der Waals surface area contributed by atoms with Gasteiger partial charge in [-0.15, -0.1) is 12.4 Å². The molecule has 8 heteroatoms. The smallest absolute Gasteiger partial charge is 0.272 e. The van der Waals surface area contributed by atoms with Gasteiger partial charge in [-0.3, -0.25) is 15.0 Å². The number of rotatable bonds is 5. The van der Waals surface area contributed by atoms with E-state index in [1.807, 2.05) is 13.1 Å². The molecule has 4 N–H and O–H groups in total. The molecule has 7 nitrogen and oxygen atoms in total. The Kier molecular flexibility index (Phi) is 5.57. The highest BCUT2D eigenvalue weighted by Gasteiger charge is 2.20. The summed E-state index contributed by atoms with van der Waals surface area (Å²) in [7, 11) is 0. The van der Waals surface area contributed by atoms with Crippen molar-refractivity contribution in [2.75, 3.05) is 13.1 Å². The molecular weight excluding hydrogens is 304 g/mol. The van der Waals surface area contributed by atoms with Gasteiger partial charge >= 0.3 is 0 Å². The molecule has 0 radical (unpaired) electrons. The predicted molar refractivity (Wildman–Crippen MR) is 85.2 cm³/mol. The van der Waals surface area contributed by atoms with E-state index in [-0.39, 0.29) is 18.3 Å². The molecule has 0 unspecified atom stereocenters. The third-order valence-corrected chi connectivity index (χ3v) is 3.86. The Morgan fingerprint density at radius 1 is 1.41 bits per heavy atom. The molecule has 1 aliphatic heterocycles. The summed E-state index contributed by atoms with van der Waals surface area (Å²) < 4.78 is 0. The van der Waals surface area contributed by atoms with Crippen molar-refractivity contribution in [2.45, 2.75) is 32.7 Å². The van der Waals surface area contributed by atoms with Crippen molar-refractivity contribution in [3.8, 4) is 0 Å². The quantitative estimate of drug-likeness (QED) is 0.613. The normalized spacial score (nSPS) is 13.3. The van der Waals surface area contributed by atoms with Gasteiger partial charge in [-0.2, -0.15) is 10.2 Å². The van der Waals surface area contributed by atoms with E-state index in [1.54, 1.807) is 0 Å². The second kappa shape index (κ2) is 7.42. The van der Waals surface area contributed by atoms with Crippen LogP contribution >= 0.6 is 12.4 Å². The van der Waals surface area contributed by atoms with Crippen LogP contribution < -0.4 is 10.6 Å². The summed E-state index contributed by atoms with van der Waals surface area (Å²) in [5, 5.41) is 20.2. The van der Waals surface area contributed by atoms with Crippen LogP contribution in [0.3, 0.4) is 0 Å². The van der Waals surface area contributed by atoms with Gasteiger partial charge in [0.15, 0.2) is 5.69 Å². The molecule has 0 fully saturated rings. The molecule has 1 amide bonds. The summed E-state index contributed by atoms with van der Waals surface area (Å²) >= 11 is 0. The number of fused-ring (bicyclic) bond motifs is 1. The zero-order valence-corrected chi connectivity index (χ0v) is 13.3. The second-order valence-corrected chi connectivity index (χ2v) is 5.34. The standard InChI is InChI=1S/C14H20N6O.ClH/c1-9-10(7-17-18-9)3-2-5-16-14(21)13-11-8-15-6-4-12(11)19-20-13;/h7,15H,2-6,8H2,1H3,(H,16,21)(H,17,18)(H,19,20);1H. The van der Waals surface area contributed by atoms with Gasteiger partial charge in [0.25, 0.3) is 5.91 Å². The molecule has 0 atom stereocenters. The molecule has 2 aromatic heterocycles. The maximum Gasteiger partial charge on any atom is 0.272 e. The molecule has 0 bridgehead atoms. The Hall–Kier alpha value is -1.86. The molecular formula is C14H21ClN6O. The van der Waals surface area contributed by atoms with Crippen molar-refractivity contribution >= 4 is 18.3 Å². The van der Waals surface area contributed by atoms with Crippen LogP contribution in [0.1, 0.15) is 39.4 Å². The van der Waals surface area contributed by atoms with Crippen molar-refractivity contribution in [3.05, 3.63) is 34.4 Å². The fourth-order valence-electron chi connectivity index (χ4n) is 2.61. The first-order valence-electron chi connectivity index (χ1n) is 7.29. The Labute approximate surface area is 135 Å². The molecule has 2 aromatic rings. The highest BCUT2D eigenvalue weighted by atomic mass is 35.5. The number of hydrogen-bond acceptors (Lipinski definition) is 4. The van der Waals surface area contributed by atoms with Gasteiger partial charge in [0.05, 0.1) is 6.20 Å². The number of H-pyrrole nitrogens is 2. The van der Waals surface area contributed by atoms with Crippen LogP contribution in [-0.4, -0.2) is 39.4 Å². The summed E-state index contributed by atoms with van der Waals surface area (Å²) in [6, 6.07) is 0. The molecule has 1 aliphatic rings. The fourth-order valence-corrected chi connectivity index (χ4v) is 2.61. The lowest BCUT2D eigenvalue weighted by atomic mass is 10.1. The van der Waals surface area contributed by atoms with E-state index in [2.05, 4.69) is 31.0 Å². The van der Waals surface area contributed by atoms with Crippen molar-refractivity contribution in [1.29, 1.82) is 0 Å². The number of aryl methyl sites for hydroxylation is 2. The van der Waals surface area contributed by atoms with Crippen LogP contribution in [0, 0.1) is 6.92 Å². The van der Waals surface area contributed by atoms with Gasteiger partial charge < -0.3 is 10.6 Å². The van der Waals surface area contributed by atoms with Crippen LogP contribution in [0.4, 0.5) is 0 Å². The van der Waals surface area contributed by atoms with Crippen LogP contribution in [-0.2, 0) is 19.4 Å². The van der Waals surface area contributed by atoms with Crippen molar-refractivity contribution in [1.82, 2.24) is 31.0 Å². The maximum atomic E-state index is 12.2. The highest BCUT2D eigenvalue weighted by Crippen LogP contribution is 2.15. The summed E-state index contributed by atoms with van der Waals surface area (Å²) in [5.74, 6) is -0.0971. The molecule has 22 heavy (non-hydrogen) atoms. The number of carbonyl (C=O) groups is 1. The van der Waals surface area contributed by atoms with Crippen LogP contribution in [0.2, 0.25) is 0 Å².